The topological polar surface area (TPSA) is 158 Å². The number of nitrogens with zero attached hydrogens (tertiary/aromatic N) is 2. The molecule has 3 aromatic carbocycles. The number of primary amides is 1. The summed E-state index contributed by atoms with van der Waals surface area (Å²) in [5.74, 6) is 1.12. The fourth-order valence-electron chi connectivity index (χ4n) is 3.03. The summed E-state index contributed by atoms with van der Waals surface area (Å²) in [7, 11) is 0. The molecule has 170 valence electrons. The smallest absolute Gasteiger partial charge is 0.323 e. The molecule has 5 N–H and O–H groups in total. The lowest BCUT2D eigenvalue weighted by Crippen LogP contribution is -2.31. The molecule has 3 aromatic rings. The monoisotopic (exact) mass is 449 g/mol. The van der Waals surface area contributed by atoms with Gasteiger partial charge in [0.1, 0.15) is 17.3 Å². The number of nitrogens with two attached hydrogens (primary N) is 2. The fraction of sp³-hybridized carbons (Fsp3) is 0.130. The minimum Gasteiger partial charge on any atom is -0.493 e. The summed E-state index contributed by atoms with van der Waals surface area (Å²) in [6.07, 6.45) is 0.594. The SMILES string of the molecule is N=C(N)c1cccc(OCCCOc2cccc(N(C(N)=O)c3ccc([N+](=O)[O-])cc3)c2)c1. The molecule has 10 nitrogen and oxygen atoms in total. The third kappa shape index (κ3) is 6.20. The first-order valence-electron chi connectivity index (χ1n) is 9.99. The lowest BCUT2D eigenvalue weighted by atomic mass is 10.2. The Hall–Kier alpha value is -4.60. The fourth-order valence-corrected chi connectivity index (χ4v) is 3.03. The Morgan fingerprint density at radius 3 is 2.09 bits per heavy atom. The molecule has 0 spiro atoms. The summed E-state index contributed by atoms with van der Waals surface area (Å²) >= 11 is 0. The van der Waals surface area contributed by atoms with Gasteiger partial charge in [0.2, 0.25) is 0 Å². The van der Waals surface area contributed by atoms with Crippen LogP contribution in [0.3, 0.4) is 0 Å². The maximum absolute atomic E-state index is 12.1. The highest BCUT2D eigenvalue weighted by Gasteiger charge is 2.17. The van der Waals surface area contributed by atoms with Gasteiger partial charge in [-0.25, -0.2) is 4.79 Å². The molecule has 0 bridgehead atoms. The van der Waals surface area contributed by atoms with Crippen LogP contribution in [0, 0.1) is 15.5 Å². The van der Waals surface area contributed by atoms with Crippen molar-refractivity contribution in [2.45, 2.75) is 6.42 Å². The molecular weight excluding hydrogens is 426 g/mol. The van der Waals surface area contributed by atoms with Gasteiger partial charge in [-0.2, -0.15) is 0 Å². The maximum atomic E-state index is 12.1. The van der Waals surface area contributed by atoms with Crippen molar-refractivity contribution in [1.82, 2.24) is 0 Å². The molecule has 0 aliphatic carbocycles. The minimum absolute atomic E-state index is 0.0256. The first-order valence-corrected chi connectivity index (χ1v) is 9.99. The van der Waals surface area contributed by atoms with Gasteiger partial charge in [0, 0.05) is 30.2 Å². The van der Waals surface area contributed by atoms with Gasteiger partial charge in [0.25, 0.3) is 5.69 Å². The first kappa shape index (κ1) is 23.1. The van der Waals surface area contributed by atoms with E-state index < -0.39 is 11.0 Å². The molecule has 0 aliphatic rings. The van der Waals surface area contributed by atoms with Crippen molar-refractivity contribution in [1.29, 1.82) is 5.41 Å². The summed E-state index contributed by atoms with van der Waals surface area (Å²) in [4.78, 5) is 23.6. The predicted octanol–water partition coefficient (Wildman–Crippen LogP) is 3.94. The van der Waals surface area contributed by atoms with Crippen LogP contribution in [0.15, 0.2) is 72.8 Å². The first-order chi connectivity index (χ1) is 15.8. The van der Waals surface area contributed by atoms with E-state index in [2.05, 4.69) is 0 Å². The third-order valence-electron chi connectivity index (χ3n) is 4.59. The van der Waals surface area contributed by atoms with Crippen molar-refractivity contribution in [3.8, 4) is 11.5 Å². The van der Waals surface area contributed by atoms with E-state index in [1.54, 1.807) is 48.5 Å². The number of benzene rings is 3. The Morgan fingerprint density at radius 1 is 0.909 bits per heavy atom. The second kappa shape index (κ2) is 10.6. The number of hydrogen-bond donors (Lipinski definition) is 3. The lowest BCUT2D eigenvalue weighted by molar-refractivity contribution is -0.384. The lowest BCUT2D eigenvalue weighted by Gasteiger charge is -2.21. The molecule has 0 unspecified atom stereocenters. The van der Waals surface area contributed by atoms with Crippen molar-refractivity contribution in [3.05, 3.63) is 88.5 Å². The van der Waals surface area contributed by atoms with E-state index in [-0.39, 0.29) is 11.5 Å². The molecule has 33 heavy (non-hydrogen) atoms. The van der Waals surface area contributed by atoms with E-state index in [0.29, 0.717) is 48.1 Å². The molecule has 0 heterocycles. The molecule has 0 atom stereocenters. The number of amidine groups is 1. The zero-order chi connectivity index (χ0) is 23.8. The van der Waals surface area contributed by atoms with E-state index in [0.717, 1.165) is 0 Å². The Kier molecular flexibility index (Phi) is 7.43. The number of nitro benzene ring substituents is 1. The van der Waals surface area contributed by atoms with Gasteiger partial charge in [0.15, 0.2) is 0 Å². The second-order valence-corrected chi connectivity index (χ2v) is 6.94. The van der Waals surface area contributed by atoms with Crippen molar-refractivity contribution in [3.63, 3.8) is 0 Å². The zero-order valence-corrected chi connectivity index (χ0v) is 17.6. The number of nitrogen functional groups attached to an aromatic ring is 1. The molecule has 0 saturated heterocycles. The molecule has 0 aromatic heterocycles. The Labute approximate surface area is 190 Å². The van der Waals surface area contributed by atoms with E-state index >= 15 is 0 Å². The van der Waals surface area contributed by atoms with Gasteiger partial charge in [-0.05, 0) is 36.4 Å². The number of hydrogen-bond acceptors (Lipinski definition) is 6. The van der Waals surface area contributed by atoms with Crippen LogP contribution in [0.2, 0.25) is 0 Å². The highest BCUT2D eigenvalue weighted by molar-refractivity contribution is 5.98. The molecule has 0 fully saturated rings. The van der Waals surface area contributed by atoms with Crippen LogP contribution in [0.25, 0.3) is 0 Å². The molecule has 0 aliphatic heterocycles. The van der Waals surface area contributed by atoms with Gasteiger partial charge >= 0.3 is 6.03 Å². The van der Waals surface area contributed by atoms with E-state index in [4.69, 9.17) is 26.4 Å². The van der Waals surface area contributed by atoms with E-state index in [1.165, 1.54) is 29.2 Å². The summed E-state index contributed by atoms with van der Waals surface area (Å²) in [5.41, 5.74) is 12.4. The van der Waals surface area contributed by atoms with Crippen molar-refractivity contribution in [2.75, 3.05) is 18.1 Å². The highest BCUT2D eigenvalue weighted by Crippen LogP contribution is 2.29. The third-order valence-corrected chi connectivity index (χ3v) is 4.59. The van der Waals surface area contributed by atoms with Gasteiger partial charge in [0.05, 0.1) is 29.5 Å². The largest absolute Gasteiger partial charge is 0.493 e. The Morgan fingerprint density at radius 2 is 1.52 bits per heavy atom. The van der Waals surface area contributed by atoms with Gasteiger partial charge in [-0.15, -0.1) is 0 Å². The van der Waals surface area contributed by atoms with Crippen LogP contribution in [0.4, 0.5) is 21.9 Å². The number of nitrogens with one attached hydrogen (secondary N) is 1. The molecule has 3 rings (SSSR count). The molecule has 10 heteroatoms. The number of urea groups is 1. The van der Waals surface area contributed by atoms with Crippen LogP contribution >= 0.6 is 0 Å². The second-order valence-electron chi connectivity index (χ2n) is 6.94. The van der Waals surface area contributed by atoms with Crippen molar-refractivity contribution >= 4 is 28.9 Å². The Balaban J connectivity index is 1.59. The average molecular weight is 449 g/mol. The number of anilines is 2. The van der Waals surface area contributed by atoms with E-state index in [9.17, 15) is 14.9 Å². The number of nitro groups is 1. The quantitative estimate of drug-likeness (QED) is 0.140. The minimum atomic E-state index is -0.734. The normalized spacial score (nSPS) is 10.3. The number of carbonyl (C=O) groups is 1. The van der Waals surface area contributed by atoms with Crippen molar-refractivity contribution in [2.24, 2.45) is 11.5 Å². The molecule has 0 radical (unpaired) electrons. The van der Waals surface area contributed by atoms with Gasteiger partial charge in [-0.1, -0.05) is 18.2 Å². The number of rotatable bonds is 10. The Bertz CT molecular complexity index is 1150. The van der Waals surface area contributed by atoms with Crippen LogP contribution in [0.1, 0.15) is 12.0 Å². The summed E-state index contributed by atoms with van der Waals surface area (Å²) < 4.78 is 11.4. The van der Waals surface area contributed by atoms with Gasteiger partial charge in [-0.3, -0.25) is 20.4 Å². The summed E-state index contributed by atoms with van der Waals surface area (Å²) in [5, 5.41) is 18.3. The van der Waals surface area contributed by atoms with Crippen LogP contribution < -0.4 is 25.8 Å². The number of ether oxygens (including phenoxy) is 2. The number of non-ortho nitro benzene ring substituents is 1. The zero-order valence-electron chi connectivity index (χ0n) is 17.6. The predicted molar refractivity (Wildman–Crippen MR) is 124 cm³/mol. The standard InChI is InChI=1S/C23H23N5O5/c24-22(25)16-4-1-6-20(14-16)32-12-3-13-33-21-7-2-5-19(15-21)27(23(26)29)17-8-10-18(11-9-17)28(30)31/h1-2,4-11,14-15H,3,12-13H2,(H3,24,25)(H2,26,29). The highest BCUT2D eigenvalue weighted by atomic mass is 16.6. The maximum Gasteiger partial charge on any atom is 0.323 e. The average Bonchev–Trinajstić information content (AvgIpc) is 2.79. The number of amides is 2. The summed E-state index contributed by atoms with van der Waals surface area (Å²) in [6.45, 7) is 0.765. The van der Waals surface area contributed by atoms with Gasteiger partial charge < -0.3 is 20.9 Å². The molecular formula is C23H23N5O5. The van der Waals surface area contributed by atoms with Crippen LogP contribution in [0.5, 0.6) is 11.5 Å². The number of carbonyl (C=O) groups excluding carboxylic acids is 1. The molecule has 2 amide bonds. The van der Waals surface area contributed by atoms with E-state index in [1.807, 2.05) is 0 Å². The summed E-state index contributed by atoms with van der Waals surface area (Å²) in [6, 6.07) is 18.6. The molecule has 0 saturated carbocycles. The van der Waals surface area contributed by atoms with Crippen LogP contribution in [-0.2, 0) is 0 Å². The van der Waals surface area contributed by atoms with Crippen molar-refractivity contribution < 1.29 is 19.2 Å². The van der Waals surface area contributed by atoms with Crippen LogP contribution in [-0.4, -0.2) is 30.0 Å².